The van der Waals surface area contributed by atoms with Crippen LogP contribution in [-0.4, -0.2) is 22.1 Å². The van der Waals surface area contributed by atoms with Crippen LogP contribution in [0.4, 0.5) is 8.78 Å². The van der Waals surface area contributed by atoms with Crippen molar-refractivity contribution < 1.29 is 18.7 Å². The molecule has 1 N–H and O–H groups in total. The Morgan fingerprint density at radius 2 is 2.06 bits per heavy atom. The second kappa shape index (κ2) is 3.92. The van der Waals surface area contributed by atoms with Crippen LogP contribution in [0, 0.1) is 0 Å². The number of nitrogens with zero attached hydrogens (tertiary/aromatic N) is 1. The normalized spacial score (nSPS) is 11.2. The summed E-state index contributed by atoms with van der Waals surface area (Å²) in [5.74, 6) is -1.20. The molecule has 0 fully saturated rings. The molecule has 0 spiro atoms. The number of benzene rings is 1. The number of carboxylic acid groups (broad SMARTS) is 1. The summed E-state index contributed by atoms with van der Waals surface area (Å²) in [7, 11) is 0. The molecule has 0 unspecified atom stereocenters. The highest BCUT2D eigenvalue weighted by Gasteiger charge is 2.16. The SMILES string of the molecule is O=C(O)c1cc2ccccc2n1CC(F)F. The molecular formula is C11H9F2NO2. The summed E-state index contributed by atoms with van der Waals surface area (Å²) in [6, 6.07) is 8.16. The first-order valence-corrected chi connectivity index (χ1v) is 4.69. The highest BCUT2D eigenvalue weighted by molar-refractivity contribution is 5.94. The summed E-state index contributed by atoms with van der Waals surface area (Å²) in [6.07, 6.45) is -2.58. The lowest BCUT2D eigenvalue weighted by atomic mass is 10.2. The van der Waals surface area contributed by atoms with Gasteiger partial charge in [-0.3, -0.25) is 0 Å². The minimum atomic E-state index is -2.58. The average Bonchev–Trinajstić information content (AvgIpc) is 2.57. The van der Waals surface area contributed by atoms with Crippen molar-refractivity contribution in [2.75, 3.05) is 0 Å². The molecule has 0 aliphatic rings. The van der Waals surface area contributed by atoms with Crippen molar-refractivity contribution in [2.24, 2.45) is 0 Å². The first-order chi connectivity index (χ1) is 7.59. The third kappa shape index (κ3) is 1.76. The average molecular weight is 225 g/mol. The largest absolute Gasteiger partial charge is 0.477 e. The molecule has 2 aromatic rings. The lowest BCUT2D eigenvalue weighted by Crippen LogP contribution is -2.13. The molecule has 1 heterocycles. The molecule has 0 bridgehead atoms. The van der Waals surface area contributed by atoms with Gasteiger partial charge in [0.2, 0.25) is 0 Å². The number of fused-ring (bicyclic) bond motifs is 1. The van der Waals surface area contributed by atoms with E-state index in [1.54, 1.807) is 24.3 Å². The van der Waals surface area contributed by atoms with Gasteiger partial charge in [-0.25, -0.2) is 13.6 Å². The van der Waals surface area contributed by atoms with Gasteiger partial charge in [-0.05, 0) is 12.1 Å². The van der Waals surface area contributed by atoms with E-state index in [0.29, 0.717) is 10.9 Å². The van der Waals surface area contributed by atoms with Gasteiger partial charge in [-0.15, -0.1) is 0 Å². The molecular weight excluding hydrogens is 216 g/mol. The zero-order valence-electron chi connectivity index (χ0n) is 8.23. The van der Waals surface area contributed by atoms with E-state index in [0.717, 1.165) is 4.57 Å². The summed E-state index contributed by atoms with van der Waals surface area (Å²) >= 11 is 0. The lowest BCUT2D eigenvalue weighted by Gasteiger charge is -2.06. The van der Waals surface area contributed by atoms with Crippen LogP contribution in [-0.2, 0) is 6.54 Å². The highest BCUT2D eigenvalue weighted by atomic mass is 19.3. The van der Waals surface area contributed by atoms with Gasteiger partial charge >= 0.3 is 5.97 Å². The van der Waals surface area contributed by atoms with Crippen LogP contribution in [0.15, 0.2) is 30.3 Å². The standard InChI is InChI=1S/C11H9F2NO2/c12-10(13)6-14-8-4-2-1-3-7(8)5-9(14)11(15)16/h1-5,10H,6H2,(H,15,16). The quantitative estimate of drug-likeness (QED) is 0.872. The molecule has 0 aliphatic heterocycles. The molecule has 16 heavy (non-hydrogen) atoms. The van der Waals surface area contributed by atoms with Gasteiger partial charge < -0.3 is 9.67 Å². The molecule has 1 aromatic carbocycles. The minimum absolute atomic E-state index is 0.110. The molecule has 0 saturated heterocycles. The fraction of sp³-hybridized carbons (Fsp3) is 0.182. The van der Waals surface area contributed by atoms with Crippen molar-refractivity contribution >= 4 is 16.9 Å². The van der Waals surface area contributed by atoms with Crippen molar-refractivity contribution in [2.45, 2.75) is 13.0 Å². The number of halogens is 2. The Balaban J connectivity index is 2.64. The molecule has 5 heteroatoms. The zero-order chi connectivity index (χ0) is 11.7. The predicted molar refractivity (Wildman–Crippen MR) is 54.9 cm³/mol. The van der Waals surface area contributed by atoms with Crippen molar-refractivity contribution in [3.8, 4) is 0 Å². The van der Waals surface area contributed by atoms with Gasteiger partial charge in [0, 0.05) is 10.9 Å². The fourth-order valence-electron chi connectivity index (χ4n) is 1.72. The van der Waals surface area contributed by atoms with Crippen molar-refractivity contribution in [3.05, 3.63) is 36.0 Å². The number of rotatable bonds is 3. The number of hydrogen-bond donors (Lipinski definition) is 1. The number of hydrogen-bond acceptors (Lipinski definition) is 1. The minimum Gasteiger partial charge on any atom is -0.477 e. The Hall–Kier alpha value is -1.91. The molecule has 0 aliphatic carbocycles. The smallest absolute Gasteiger partial charge is 0.352 e. The Labute approximate surface area is 89.9 Å². The molecule has 2 rings (SSSR count). The van der Waals surface area contributed by atoms with Gasteiger partial charge in [-0.1, -0.05) is 18.2 Å². The van der Waals surface area contributed by atoms with E-state index in [9.17, 15) is 13.6 Å². The van der Waals surface area contributed by atoms with Crippen LogP contribution in [0.25, 0.3) is 10.9 Å². The van der Waals surface area contributed by atoms with Gasteiger partial charge in [0.1, 0.15) is 5.69 Å². The molecule has 0 saturated carbocycles. The Bertz CT molecular complexity index is 534. The highest BCUT2D eigenvalue weighted by Crippen LogP contribution is 2.20. The van der Waals surface area contributed by atoms with Crippen molar-refractivity contribution in [1.82, 2.24) is 4.57 Å². The predicted octanol–water partition coefficient (Wildman–Crippen LogP) is 2.60. The summed E-state index contributed by atoms with van der Waals surface area (Å²) in [5, 5.41) is 9.57. The lowest BCUT2D eigenvalue weighted by molar-refractivity contribution is 0.0677. The fourth-order valence-corrected chi connectivity index (χ4v) is 1.72. The number of para-hydroxylation sites is 1. The first kappa shape index (κ1) is 10.6. The molecule has 0 amide bonds. The van der Waals surface area contributed by atoms with E-state index in [1.165, 1.54) is 6.07 Å². The Morgan fingerprint density at radius 3 is 2.69 bits per heavy atom. The maximum atomic E-state index is 12.4. The second-order valence-corrected chi connectivity index (χ2v) is 3.40. The molecule has 0 radical (unpaired) electrons. The topological polar surface area (TPSA) is 42.2 Å². The van der Waals surface area contributed by atoms with E-state index >= 15 is 0 Å². The van der Waals surface area contributed by atoms with Crippen LogP contribution in [0.2, 0.25) is 0 Å². The molecule has 84 valence electrons. The van der Waals surface area contributed by atoms with Gasteiger partial charge in [0.15, 0.2) is 0 Å². The van der Waals surface area contributed by atoms with E-state index in [4.69, 9.17) is 5.11 Å². The molecule has 0 atom stereocenters. The summed E-state index contributed by atoms with van der Waals surface area (Å²) < 4.78 is 25.8. The maximum Gasteiger partial charge on any atom is 0.352 e. The number of aromatic nitrogens is 1. The zero-order valence-corrected chi connectivity index (χ0v) is 8.23. The van der Waals surface area contributed by atoms with E-state index in [2.05, 4.69) is 0 Å². The van der Waals surface area contributed by atoms with Crippen LogP contribution < -0.4 is 0 Å². The second-order valence-electron chi connectivity index (χ2n) is 3.40. The number of carboxylic acids is 1. The van der Waals surface area contributed by atoms with E-state index in [-0.39, 0.29) is 5.69 Å². The van der Waals surface area contributed by atoms with Crippen molar-refractivity contribution in [3.63, 3.8) is 0 Å². The summed E-state index contributed by atoms with van der Waals surface area (Å²) in [4.78, 5) is 10.9. The molecule has 1 aromatic heterocycles. The Morgan fingerprint density at radius 1 is 1.38 bits per heavy atom. The number of carbonyl (C=O) groups is 1. The van der Waals surface area contributed by atoms with E-state index in [1.807, 2.05) is 0 Å². The van der Waals surface area contributed by atoms with Gasteiger partial charge in [-0.2, -0.15) is 0 Å². The third-order valence-electron chi connectivity index (χ3n) is 2.35. The third-order valence-corrected chi connectivity index (χ3v) is 2.35. The first-order valence-electron chi connectivity index (χ1n) is 4.69. The summed E-state index contributed by atoms with van der Waals surface area (Å²) in [5.41, 5.74) is 0.404. The monoisotopic (exact) mass is 225 g/mol. The summed E-state index contributed by atoms with van der Waals surface area (Å²) in [6.45, 7) is -0.602. The van der Waals surface area contributed by atoms with Crippen LogP contribution >= 0.6 is 0 Å². The molecule has 3 nitrogen and oxygen atoms in total. The van der Waals surface area contributed by atoms with Crippen LogP contribution in [0.3, 0.4) is 0 Å². The van der Waals surface area contributed by atoms with Crippen LogP contribution in [0.1, 0.15) is 10.5 Å². The maximum absolute atomic E-state index is 12.4. The van der Waals surface area contributed by atoms with Crippen LogP contribution in [0.5, 0.6) is 0 Å². The van der Waals surface area contributed by atoms with E-state index < -0.39 is 18.9 Å². The van der Waals surface area contributed by atoms with Gasteiger partial charge in [0.25, 0.3) is 6.43 Å². The number of alkyl halides is 2. The Kier molecular flexibility index (Phi) is 2.60. The number of aromatic carboxylic acids is 1. The van der Waals surface area contributed by atoms with Crippen molar-refractivity contribution in [1.29, 1.82) is 0 Å². The van der Waals surface area contributed by atoms with Gasteiger partial charge in [0.05, 0.1) is 6.54 Å².